The van der Waals surface area contributed by atoms with Crippen LogP contribution in [0.15, 0.2) is 42.5 Å². The Kier molecular flexibility index (Phi) is 5.54. The van der Waals surface area contributed by atoms with Gasteiger partial charge in [0.25, 0.3) is 5.91 Å². The van der Waals surface area contributed by atoms with Gasteiger partial charge < -0.3 is 10.6 Å². The van der Waals surface area contributed by atoms with E-state index in [2.05, 4.69) is 33.2 Å². The number of carbonyl (C=O) groups excluding carboxylic acids is 2. The molecule has 2 N–H and O–H groups in total. The van der Waals surface area contributed by atoms with E-state index in [1.807, 2.05) is 43.3 Å². The van der Waals surface area contributed by atoms with Gasteiger partial charge in [0.1, 0.15) is 0 Å². The predicted octanol–water partition coefficient (Wildman–Crippen LogP) is 4.20. The molecule has 0 aliphatic carbocycles. The molecule has 5 heteroatoms. The Labute approximate surface area is 143 Å². The summed E-state index contributed by atoms with van der Waals surface area (Å²) in [6.07, 6.45) is 0.415. The summed E-state index contributed by atoms with van der Waals surface area (Å²) >= 11 is 2.14. The largest absolute Gasteiger partial charge is 0.326 e. The number of hydrogen-bond donors (Lipinski definition) is 2. The average molecular weight is 408 g/mol. The Morgan fingerprint density at radius 1 is 1.00 bits per heavy atom. The number of benzene rings is 2. The summed E-state index contributed by atoms with van der Waals surface area (Å²) in [6.45, 7) is 3.67. The molecule has 114 valence electrons. The first-order valence-corrected chi connectivity index (χ1v) is 8.06. The summed E-state index contributed by atoms with van der Waals surface area (Å²) in [5.41, 5.74) is 2.88. The van der Waals surface area contributed by atoms with Gasteiger partial charge in [0.05, 0.1) is 5.56 Å². The molecular weight excluding hydrogens is 391 g/mol. The minimum atomic E-state index is -0.160. The first-order chi connectivity index (χ1) is 10.5. The Morgan fingerprint density at radius 2 is 1.64 bits per heavy atom. The highest BCUT2D eigenvalue weighted by Crippen LogP contribution is 2.24. The van der Waals surface area contributed by atoms with Crippen LogP contribution in [-0.2, 0) is 4.79 Å². The summed E-state index contributed by atoms with van der Waals surface area (Å²) < 4.78 is 0.894. The number of nitrogens with one attached hydrogen (secondary N) is 2. The SMILES string of the molecule is CCC(=O)Nc1cccc(NC(=O)c2ccccc2I)c1C. The molecule has 0 aliphatic heterocycles. The molecule has 0 spiro atoms. The molecule has 0 aliphatic rings. The molecule has 0 fully saturated rings. The first-order valence-electron chi connectivity index (χ1n) is 6.98. The zero-order valence-corrected chi connectivity index (χ0v) is 14.6. The van der Waals surface area contributed by atoms with Crippen LogP contribution in [-0.4, -0.2) is 11.8 Å². The lowest BCUT2D eigenvalue weighted by Crippen LogP contribution is -2.15. The van der Waals surface area contributed by atoms with E-state index in [4.69, 9.17) is 0 Å². The lowest BCUT2D eigenvalue weighted by Gasteiger charge is -2.13. The summed E-state index contributed by atoms with van der Waals surface area (Å²) in [5, 5.41) is 5.74. The molecule has 2 aromatic carbocycles. The molecule has 0 radical (unpaired) electrons. The van der Waals surface area contributed by atoms with Crippen molar-refractivity contribution in [3.05, 3.63) is 57.2 Å². The Bertz CT molecular complexity index is 714. The van der Waals surface area contributed by atoms with E-state index < -0.39 is 0 Å². The molecule has 0 saturated heterocycles. The number of anilines is 2. The quantitative estimate of drug-likeness (QED) is 0.746. The Morgan fingerprint density at radius 3 is 2.27 bits per heavy atom. The molecule has 0 bridgehead atoms. The Balaban J connectivity index is 2.23. The fourth-order valence-corrected chi connectivity index (χ4v) is 2.61. The molecule has 2 aromatic rings. The van der Waals surface area contributed by atoms with Crippen molar-refractivity contribution in [1.29, 1.82) is 0 Å². The molecule has 0 atom stereocenters. The first kappa shape index (κ1) is 16.5. The van der Waals surface area contributed by atoms with Crippen molar-refractivity contribution in [1.82, 2.24) is 0 Å². The lowest BCUT2D eigenvalue weighted by atomic mass is 10.1. The van der Waals surface area contributed by atoms with Crippen LogP contribution >= 0.6 is 22.6 Å². The molecule has 22 heavy (non-hydrogen) atoms. The van der Waals surface area contributed by atoms with E-state index >= 15 is 0 Å². The molecule has 0 unspecified atom stereocenters. The summed E-state index contributed by atoms with van der Waals surface area (Å²) in [7, 11) is 0. The number of halogens is 1. The number of hydrogen-bond acceptors (Lipinski definition) is 2. The number of amides is 2. The molecule has 0 aromatic heterocycles. The van der Waals surface area contributed by atoms with Crippen LogP contribution in [0.4, 0.5) is 11.4 Å². The van der Waals surface area contributed by atoms with E-state index in [1.165, 1.54) is 0 Å². The fourth-order valence-electron chi connectivity index (χ4n) is 1.98. The summed E-state index contributed by atoms with van der Waals surface area (Å²) in [4.78, 5) is 23.9. The van der Waals surface area contributed by atoms with Gasteiger partial charge >= 0.3 is 0 Å². The van der Waals surface area contributed by atoms with Gasteiger partial charge in [-0.05, 0) is 59.3 Å². The minimum Gasteiger partial charge on any atom is -0.326 e. The van der Waals surface area contributed by atoms with Crippen molar-refractivity contribution >= 4 is 45.8 Å². The summed E-state index contributed by atoms with van der Waals surface area (Å²) in [5.74, 6) is -0.212. The van der Waals surface area contributed by atoms with Crippen molar-refractivity contribution < 1.29 is 9.59 Å². The van der Waals surface area contributed by atoms with Crippen LogP contribution in [0.5, 0.6) is 0 Å². The molecule has 2 amide bonds. The molecule has 2 rings (SSSR count). The van der Waals surface area contributed by atoms with Gasteiger partial charge in [-0.2, -0.15) is 0 Å². The second-order valence-corrected chi connectivity index (χ2v) is 5.98. The van der Waals surface area contributed by atoms with Gasteiger partial charge in [0, 0.05) is 21.4 Å². The average Bonchev–Trinajstić information content (AvgIpc) is 2.51. The highest BCUT2D eigenvalue weighted by molar-refractivity contribution is 14.1. The standard InChI is InChI=1S/C17H17IN2O2/c1-3-16(21)19-14-9-6-10-15(11(14)2)20-17(22)12-7-4-5-8-13(12)18/h4-10H,3H2,1-2H3,(H,19,21)(H,20,22). The van der Waals surface area contributed by atoms with Crippen LogP contribution in [0.1, 0.15) is 29.3 Å². The highest BCUT2D eigenvalue weighted by Gasteiger charge is 2.12. The van der Waals surface area contributed by atoms with Crippen LogP contribution in [0, 0.1) is 10.5 Å². The van der Waals surface area contributed by atoms with E-state index in [-0.39, 0.29) is 11.8 Å². The van der Waals surface area contributed by atoms with Crippen molar-refractivity contribution in [2.45, 2.75) is 20.3 Å². The second kappa shape index (κ2) is 7.40. The van der Waals surface area contributed by atoms with Crippen molar-refractivity contribution in [3.63, 3.8) is 0 Å². The van der Waals surface area contributed by atoms with Crippen molar-refractivity contribution in [2.24, 2.45) is 0 Å². The molecule has 0 heterocycles. The third-order valence-corrected chi connectivity index (χ3v) is 4.24. The van der Waals surface area contributed by atoms with Gasteiger partial charge in [-0.3, -0.25) is 9.59 Å². The lowest BCUT2D eigenvalue weighted by molar-refractivity contribution is -0.115. The van der Waals surface area contributed by atoms with Crippen LogP contribution in [0.3, 0.4) is 0 Å². The van der Waals surface area contributed by atoms with Gasteiger partial charge in [-0.15, -0.1) is 0 Å². The third kappa shape index (κ3) is 3.85. The third-order valence-electron chi connectivity index (χ3n) is 3.30. The van der Waals surface area contributed by atoms with Gasteiger partial charge in [0.15, 0.2) is 0 Å². The Hall–Kier alpha value is -1.89. The molecule has 4 nitrogen and oxygen atoms in total. The molecule has 0 saturated carbocycles. The van der Waals surface area contributed by atoms with Gasteiger partial charge in [-0.25, -0.2) is 0 Å². The van der Waals surface area contributed by atoms with E-state index in [1.54, 1.807) is 13.0 Å². The van der Waals surface area contributed by atoms with Crippen LogP contribution in [0.25, 0.3) is 0 Å². The van der Waals surface area contributed by atoms with Gasteiger partial charge in [-0.1, -0.05) is 25.1 Å². The maximum atomic E-state index is 12.4. The normalized spacial score (nSPS) is 10.1. The van der Waals surface area contributed by atoms with E-state index in [9.17, 15) is 9.59 Å². The van der Waals surface area contributed by atoms with Gasteiger partial charge in [0.2, 0.25) is 5.91 Å². The van der Waals surface area contributed by atoms with E-state index in [0.717, 1.165) is 9.13 Å². The smallest absolute Gasteiger partial charge is 0.256 e. The number of rotatable bonds is 4. The maximum absolute atomic E-state index is 12.4. The zero-order valence-electron chi connectivity index (χ0n) is 12.4. The topological polar surface area (TPSA) is 58.2 Å². The second-order valence-electron chi connectivity index (χ2n) is 4.81. The minimum absolute atomic E-state index is 0.0517. The zero-order chi connectivity index (χ0) is 16.1. The van der Waals surface area contributed by atoms with Crippen molar-refractivity contribution in [2.75, 3.05) is 10.6 Å². The van der Waals surface area contributed by atoms with Crippen LogP contribution in [0.2, 0.25) is 0 Å². The predicted molar refractivity (Wildman–Crippen MR) is 97.2 cm³/mol. The molecular formula is C17H17IN2O2. The monoisotopic (exact) mass is 408 g/mol. The van der Waals surface area contributed by atoms with Crippen LogP contribution < -0.4 is 10.6 Å². The highest BCUT2D eigenvalue weighted by atomic mass is 127. The number of carbonyl (C=O) groups is 2. The summed E-state index contributed by atoms with van der Waals surface area (Å²) in [6, 6.07) is 12.9. The maximum Gasteiger partial charge on any atom is 0.256 e. The van der Waals surface area contributed by atoms with Crippen molar-refractivity contribution in [3.8, 4) is 0 Å². The van der Waals surface area contributed by atoms with E-state index in [0.29, 0.717) is 23.4 Å². The fraction of sp³-hybridized carbons (Fsp3) is 0.176.